The molecule has 3 nitrogen and oxygen atoms in total. The fourth-order valence-electron chi connectivity index (χ4n) is 0.870. The highest BCUT2D eigenvalue weighted by atomic mass is 16.5. The Morgan fingerprint density at radius 3 is 2.85 bits per heavy atom. The predicted molar refractivity (Wildman–Crippen MR) is 49.2 cm³/mol. The molecule has 0 aliphatic heterocycles. The lowest BCUT2D eigenvalue weighted by atomic mass is 10.3. The van der Waals surface area contributed by atoms with Crippen LogP contribution in [0.25, 0.3) is 0 Å². The maximum absolute atomic E-state index is 5.33. The molecular weight excluding hydrogens is 168 g/mol. The quantitative estimate of drug-likeness (QED) is 0.644. The van der Waals surface area contributed by atoms with E-state index in [1.165, 1.54) is 0 Å². The molecule has 0 atom stereocenters. The van der Waals surface area contributed by atoms with Crippen LogP contribution in [0.5, 0.6) is 11.5 Å². The molecule has 0 bridgehead atoms. The highest BCUT2D eigenvalue weighted by Gasteiger charge is 1.95. The fraction of sp³-hybridized carbons (Fsp3) is 0.400. The molecule has 1 aromatic rings. The van der Waals surface area contributed by atoms with Crippen molar-refractivity contribution in [3.8, 4) is 11.5 Å². The van der Waals surface area contributed by atoms with Gasteiger partial charge in [-0.3, -0.25) is 0 Å². The molecule has 0 fully saturated rings. The molecule has 1 aromatic carbocycles. The Kier molecular flexibility index (Phi) is 4.12. The molecule has 3 heteroatoms. The van der Waals surface area contributed by atoms with Crippen LogP contribution >= 0.6 is 0 Å². The summed E-state index contributed by atoms with van der Waals surface area (Å²) in [5.41, 5.74) is 0. The molecule has 13 heavy (non-hydrogen) atoms. The summed E-state index contributed by atoms with van der Waals surface area (Å²) in [6, 6.07) is 8.32. The maximum Gasteiger partial charge on any atom is 0.131 e. The summed E-state index contributed by atoms with van der Waals surface area (Å²) in [7, 11) is 3.26. The Labute approximate surface area is 78.2 Å². The highest BCUT2D eigenvalue weighted by molar-refractivity contribution is 5.31. The normalized spacial score (nSPS) is 9.69. The van der Waals surface area contributed by atoms with Gasteiger partial charge in [-0.1, -0.05) is 0 Å². The van der Waals surface area contributed by atoms with E-state index in [4.69, 9.17) is 14.2 Å². The fourth-order valence-corrected chi connectivity index (χ4v) is 0.870. The Morgan fingerprint density at radius 2 is 2.15 bits per heavy atom. The van der Waals surface area contributed by atoms with Crippen molar-refractivity contribution in [2.45, 2.75) is 0 Å². The number of ether oxygens (including phenoxy) is 3. The molecule has 0 saturated carbocycles. The lowest BCUT2D eigenvalue weighted by molar-refractivity contribution is 0.146. The van der Waals surface area contributed by atoms with Crippen molar-refractivity contribution in [1.82, 2.24) is 0 Å². The van der Waals surface area contributed by atoms with Crippen LogP contribution in [0.15, 0.2) is 18.2 Å². The molecule has 0 heterocycles. The number of hydrogen-bond acceptors (Lipinski definition) is 3. The zero-order valence-corrected chi connectivity index (χ0v) is 7.87. The first-order chi connectivity index (χ1) is 6.36. The van der Waals surface area contributed by atoms with E-state index in [1.54, 1.807) is 26.4 Å². The van der Waals surface area contributed by atoms with E-state index in [1.807, 2.05) is 6.07 Å². The minimum atomic E-state index is 0.528. The molecule has 0 unspecified atom stereocenters. The van der Waals surface area contributed by atoms with E-state index in [9.17, 15) is 0 Å². The molecular formula is C10H13O3. The largest absolute Gasteiger partial charge is 0.497 e. The van der Waals surface area contributed by atoms with Crippen LogP contribution in [0.3, 0.4) is 0 Å². The lowest BCUT2D eigenvalue weighted by Gasteiger charge is -2.05. The maximum atomic E-state index is 5.33. The van der Waals surface area contributed by atoms with Gasteiger partial charge in [-0.15, -0.1) is 0 Å². The highest BCUT2D eigenvalue weighted by Crippen LogP contribution is 2.17. The van der Waals surface area contributed by atoms with Gasteiger partial charge in [-0.25, -0.2) is 0 Å². The number of methoxy groups -OCH3 is 2. The van der Waals surface area contributed by atoms with Crippen molar-refractivity contribution in [3.05, 3.63) is 24.3 Å². The van der Waals surface area contributed by atoms with Crippen LogP contribution in [0.4, 0.5) is 0 Å². The van der Waals surface area contributed by atoms with Gasteiger partial charge < -0.3 is 14.2 Å². The second-order valence-corrected chi connectivity index (χ2v) is 2.43. The summed E-state index contributed by atoms with van der Waals surface area (Å²) in [4.78, 5) is 0. The van der Waals surface area contributed by atoms with Crippen LogP contribution in [-0.2, 0) is 4.74 Å². The van der Waals surface area contributed by atoms with Crippen molar-refractivity contribution in [2.24, 2.45) is 0 Å². The first-order valence-electron chi connectivity index (χ1n) is 4.04. The zero-order chi connectivity index (χ0) is 9.52. The number of rotatable bonds is 5. The van der Waals surface area contributed by atoms with Gasteiger partial charge in [0.1, 0.15) is 18.1 Å². The second kappa shape index (κ2) is 5.43. The van der Waals surface area contributed by atoms with Gasteiger partial charge in [0.25, 0.3) is 0 Å². The summed E-state index contributed by atoms with van der Waals surface area (Å²) in [5.74, 6) is 1.45. The van der Waals surface area contributed by atoms with Gasteiger partial charge >= 0.3 is 0 Å². The molecule has 1 radical (unpaired) electrons. The molecule has 0 amide bonds. The average molecular weight is 181 g/mol. The molecule has 0 saturated heterocycles. The van der Waals surface area contributed by atoms with Crippen LogP contribution in [-0.4, -0.2) is 27.4 Å². The zero-order valence-electron chi connectivity index (χ0n) is 7.87. The van der Waals surface area contributed by atoms with Crippen molar-refractivity contribution < 1.29 is 14.2 Å². The van der Waals surface area contributed by atoms with E-state index in [0.717, 1.165) is 5.75 Å². The summed E-state index contributed by atoms with van der Waals surface area (Å²) < 4.78 is 15.2. The summed E-state index contributed by atoms with van der Waals surface area (Å²) in [5, 5.41) is 0. The van der Waals surface area contributed by atoms with E-state index < -0.39 is 0 Å². The topological polar surface area (TPSA) is 27.7 Å². The molecule has 0 aliphatic rings. The second-order valence-electron chi connectivity index (χ2n) is 2.43. The number of benzene rings is 1. The molecule has 71 valence electrons. The molecule has 0 aliphatic carbocycles. The average Bonchev–Trinajstić information content (AvgIpc) is 2.19. The lowest BCUT2D eigenvalue weighted by Crippen LogP contribution is -2.04. The van der Waals surface area contributed by atoms with E-state index in [0.29, 0.717) is 19.0 Å². The summed E-state index contributed by atoms with van der Waals surface area (Å²) in [6.45, 7) is 1.10. The Hall–Kier alpha value is -1.22. The van der Waals surface area contributed by atoms with Gasteiger partial charge in [0.15, 0.2) is 0 Å². The van der Waals surface area contributed by atoms with Gasteiger partial charge in [0, 0.05) is 19.2 Å². The molecule has 0 N–H and O–H groups in total. The monoisotopic (exact) mass is 181 g/mol. The summed E-state index contributed by atoms with van der Waals surface area (Å²) >= 11 is 0. The SMILES string of the molecule is COCCOc1[c]ccc(OC)c1. The van der Waals surface area contributed by atoms with E-state index in [2.05, 4.69) is 6.07 Å². The smallest absolute Gasteiger partial charge is 0.131 e. The Morgan fingerprint density at radius 1 is 1.31 bits per heavy atom. The van der Waals surface area contributed by atoms with Crippen LogP contribution in [0.1, 0.15) is 0 Å². The minimum Gasteiger partial charge on any atom is -0.497 e. The third-order valence-electron chi connectivity index (χ3n) is 1.53. The van der Waals surface area contributed by atoms with Crippen LogP contribution < -0.4 is 9.47 Å². The third-order valence-corrected chi connectivity index (χ3v) is 1.53. The molecule has 0 spiro atoms. The van der Waals surface area contributed by atoms with Crippen molar-refractivity contribution in [1.29, 1.82) is 0 Å². The Bertz CT molecular complexity index is 248. The molecule has 1 rings (SSSR count). The minimum absolute atomic E-state index is 0.528. The van der Waals surface area contributed by atoms with Crippen LogP contribution in [0.2, 0.25) is 0 Å². The van der Waals surface area contributed by atoms with E-state index >= 15 is 0 Å². The van der Waals surface area contributed by atoms with Crippen molar-refractivity contribution in [2.75, 3.05) is 27.4 Å². The van der Waals surface area contributed by atoms with Gasteiger partial charge in [-0.05, 0) is 12.1 Å². The number of hydrogen-bond donors (Lipinski definition) is 0. The third kappa shape index (κ3) is 3.34. The van der Waals surface area contributed by atoms with Gasteiger partial charge in [0.05, 0.1) is 13.7 Å². The standard InChI is InChI=1S/C10H13O3/c1-11-6-7-13-10-5-3-4-9(8-10)12-2/h3-4,8H,6-7H2,1-2H3. The van der Waals surface area contributed by atoms with Gasteiger partial charge in [0.2, 0.25) is 0 Å². The Balaban J connectivity index is 2.46. The first-order valence-corrected chi connectivity index (χ1v) is 4.04. The molecule has 0 aromatic heterocycles. The van der Waals surface area contributed by atoms with Crippen LogP contribution in [0, 0.1) is 6.07 Å². The van der Waals surface area contributed by atoms with E-state index in [-0.39, 0.29) is 0 Å². The van der Waals surface area contributed by atoms with Crippen molar-refractivity contribution in [3.63, 3.8) is 0 Å². The predicted octanol–water partition coefficient (Wildman–Crippen LogP) is 1.52. The van der Waals surface area contributed by atoms with Gasteiger partial charge in [-0.2, -0.15) is 0 Å². The first kappa shape index (κ1) is 9.86. The van der Waals surface area contributed by atoms with Crippen molar-refractivity contribution >= 4 is 0 Å². The summed E-state index contributed by atoms with van der Waals surface area (Å²) in [6.07, 6.45) is 0.